The molecule has 7 heteroatoms. The van der Waals surface area contributed by atoms with Gasteiger partial charge in [0.25, 0.3) is 0 Å². The molecule has 1 saturated heterocycles. The maximum Gasteiger partial charge on any atom is 0.326 e. The van der Waals surface area contributed by atoms with E-state index in [2.05, 4.69) is 5.32 Å². The zero-order valence-corrected chi connectivity index (χ0v) is 9.13. The van der Waals surface area contributed by atoms with Crippen molar-refractivity contribution in [3.63, 3.8) is 0 Å². The molecule has 0 aromatic rings. The summed E-state index contributed by atoms with van der Waals surface area (Å²) in [6, 6.07) is -1.84. The van der Waals surface area contributed by atoms with E-state index in [0.717, 1.165) is 0 Å². The van der Waals surface area contributed by atoms with E-state index in [0.29, 0.717) is 0 Å². The summed E-state index contributed by atoms with van der Waals surface area (Å²) in [6.45, 7) is 0. The predicted octanol–water partition coefficient (Wildman–Crippen LogP) is -1.33. The molecule has 1 heterocycles. The van der Waals surface area contributed by atoms with Crippen LogP contribution >= 0.6 is 0 Å². The molecule has 3 N–H and O–H groups in total. The summed E-state index contributed by atoms with van der Waals surface area (Å²) in [5, 5.41) is 12.4. The van der Waals surface area contributed by atoms with Gasteiger partial charge in [-0.25, -0.2) is 9.59 Å². The third-order valence-electron chi connectivity index (χ3n) is 1.25. The van der Waals surface area contributed by atoms with E-state index in [9.17, 15) is 14.4 Å². The molecule has 0 spiro atoms. The molecule has 1 unspecified atom stereocenters. The van der Waals surface area contributed by atoms with Gasteiger partial charge in [0.2, 0.25) is 5.91 Å². The van der Waals surface area contributed by atoms with Crippen molar-refractivity contribution in [2.75, 3.05) is 0 Å². The predicted molar refractivity (Wildman–Crippen MR) is 32.7 cm³/mol. The SMILES string of the molecule is O=C1CC(C(=O)O)NC(=O)N1.[Zn]. The molecule has 1 aliphatic heterocycles. The fraction of sp³-hybridized carbons (Fsp3) is 0.400. The number of aliphatic carboxylic acids is 1. The van der Waals surface area contributed by atoms with E-state index < -0.39 is 23.9 Å². The molecule has 6 nitrogen and oxygen atoms in total. The number of carbonyl (C=O) groups excluding carboxylic acids is 2. The molecule has 1 fully saturated rings. The van der Waals surface area contributed by atoms with Crippen molar-refractivity contribution < 1.29 is 39.0 Å². The zero-order chi connectivity index (χ0) is 8.43. The van der Waals surface area contributed by atoms with Gasteiger partial charge in [0, 0.05) is 19.5 Å². The standard InChI is InChI=1S/C5H6N2O4.Zn/c8-3-1-2(4(9)10)6-5(11)7-3;/h2H,1H2,(H,9,10)(H2,6,7,8,11);. The Bertz CT molecular complexity index is 213. The van der Waals surface area contributed by atoms with Crippen molar-refractivity contribution in [2.45, 2.75) is 12.5 Å². The Hall–Kier alpha value is -0.967. The maximum absolute atomic E-state index is 10.6. The maximum atomic E-state index is 10.6. The monoisotopic (exact) mass is 222 g/mol. The van der Waals surface area contributed by atoms with Crippen LogP contribution in [0.15, 0.2) is 0 Å². The number of urea groups is 1. The molecular weight excluding hydrogens is 217 g/mol. The van der Waals surface area contributed by atoms with E-state index in [4.69, 9.17) is 5.11 Å². The Morgan fingerprint density at radius 3 is 2.50 bits per heavy atom. The summed E-state index contributed by atoms with van der Waals surface area (Å²) in [4.78, 5) is 31.3. The summed E-state index contributed by atoms with van der Waals surface area (Å²) < 4.78 is 0. The van der Waals surface area contributed by atoms with Crippen molar-refractivity contribution in [2.24, 2.45) is 0 Å². The molecule has 0 aromatic heterocycles. The van der Waals surface area contributed by atoms with E-state index >= 15 is 0 Å². The Labute approximate surface area is 80.5 Å². The average molecular weight is 224 g/mol. The van der Waals surface area contributed by atoms with Crippen molar-refractivity contribution >= 4 is 17.9 Å². The Kier molecular flexibility index (Phi) is 3.82. The quantitative estimate of drug-likeness (QED) is 0.480. The van der Waals surface area contributed by atoms with Crippen LogP contribution in [-0.4, -0.2) is 29.1 Å². The van der Waals surface area contributed by atoms with Crippen LogP contribution in [0.5, 0.6) is 0 Å². The van der Waals surface area contributed by atoms with Crippen molar-refractivity contribution in [3.8, 4) is 0 Å². The smallest absolute Gasteiger partial charge is 0.326 e. The van der Waals surface area contributed by atoms with Crippen LogP contribution in [-0.2, 0) is 29.1 Å². The number of carbonyl (C=O) groups is 3. The fourth-order valence-electron chi connectivity index (χ4n) is 0.757. The number of amides is 3. The van der Waals surface area contributed by atoms with Crippen LogP contribution in [0.3, 0.4) is 0 Å². The molecule has 0 saturated carbocycles. The van der Waals surface area contributed by atoms with Gasteiger partial charge in [-0.3, -0.25) is 10.1 Å². The Morgan fingerprint density at radius 1 is 1.50 bits per heavy atom. The molecule has 12 heavy (non-hydrogen) atoms. The van der Waals surface area contributed by atoms with Crippen LogP contribution in [0.25, 0.3) is 0 Å². The van der Waals surface area contributed by atoms with E-state index in [1.54, 1.807) is 0 Å². The number of hydrogen-bond acceptors (Lipinski definition) is 3. The topological polar surface area (TPSA) is 95.5 Å². The largest absolute Gasteiger partial charge is 0.480 e. The Balaban J connectivity index is 0.00000121. The minimum Gasteiger partial charge on any atom is -0.480 e. The van der Waals surface area contributed by atoms with Gasteiger partial charge in [-0.1, -0.05) is 0 Å². The molecule has 1 aliphatic rings. The summed E-state index contributed by atoms with van der Waals surface area (Å²) in [7, 11) is 0. The van der Waals surface area contributed by atoms with Crippen molar-refractivity contribution in [1.29, 1.82) is 0 Å². The van der Waals surface area contributed by atoms with Crippen molar-refractivity contribution in [1.82, 2.24) is 10.6 Å². The number of carboxylic acids is 1. The summed E-state index contributed by atoms with van der Waals surface area (Å²) in [6.07, 6.45) is -0.207. The first kappa shape index (κ1) is 11.0. The van der Waals surface area contributed by atoms with Gasteiger partial charge in [0.15, 0.2) is 0 Å². The second-order valence-electron chi connectivity index (χ2n) is 2.12. The normalized spacial score (nSPS) is 21.8. The Morgan fingerprint density at radius 2 is 2.08 bits per heavy atom. The van der Waals surface area contributed by atoms with Gasteiger partial charge in [0.1, 0.15) is 6.04 Å². The number of carboxylic acid groups (broad SMARTS) is 1. The fourth-order valence-corrected chi connectivity index (χ4v) is 0.757. The van der Waals surface area contributed by atoms with Crippen LogP contribution in [0, 0.1) is 0 Å². The number of nitrogens with one attached hydrogen (secondary N) is 2. The minimum absolute atomic E-state index is 0. The summed E-state index contributed by atoms with van der Waals surface area (Å²) in [5.74, 6) is -1.77. The van der Waals surface area contributed by atoms with Crippen LogP contribution in [0.2, 0.25) is 0 Å². The first-order chi connectivity index (χ1) is 5.09. The average Bonchev–Trinajstić information content (AvgIpc) is 1.85. The third kappa shape index (κ3) is 2.58. The zero-order valence-electron chi connectivity index (χ0n) is 6.16. The van der Waals surface area contributed by atoms with Gasteiger partial charge in [0.05, 0.1) is 6.42 Å². The molecule has 0 aromatic carbocycles. The molecule has 0 aliphatic carbocycles. The van der Waals surface area contributed by atoms with Crippen LogP contribution in [0.1, 0.15) is 6.42 Å². The molecule has 1 atom stereocenters. The molecule has 62 valence electrons. The van der Waals surface area contributed by atoms with Gasteiger partial charge < -0.3 is 10.4 Å². The first-order valence-electron chi connectivity index (χ1n) is 2.93. The van der Waals surface area contributed by atoms with E-state index in [1.165, 1.54) is 0 Å². The number of rotatable bonds is 1. The second kappa shape index (κ2) is 4.16. The molecule has 1 rings (SSSR count). The van der Waals surface area contributed by atoms with Gasteiger partial charge in [-0.15, -0.1) is 0 Å². The third-order valence-corrected chi connectivity index (χ3v) is 1.25. The van der Waals surface area contributed by atoms with Gasteiger partial charge in [-0.2, -0.15) is 0 Å². The van der Waals surface area contributed by atoms with Crippen LogP contribution in [0.4, 0.5) is 4.79 Å². The van der Waals surface area contributed by atoms with E-state index in [1.807, 2.05) is 5.32 Å². The first-order valence-corrected chi connectivity index (χ1v) is 2.93. The molecule has 0 radical (unpaired) electrons. The van der Waals surface area contributed by atoms with E-state index in [-0.39, 0.29) is 25.9 Å². The van der Waals surface area contributed by atoms with Crippen molar-refractivity contribution in [3.05, 3.63) is 0 Å². The van der Waals surface area contributed by atoms with Gasteiger partial charge in [-0.05, 0) is 0 Å². The number of hydrogen-bond donors (Lipinski definition) is 3. The summed E-state index contributed by atoms with van der Waals surface area (Å²) >= 11 is 0. The second-order valence-corrected chi connectivity index (χ2v) is 2.12. The van der Waals surface area contributed by atoms with Gasteiger partial charge >= 0.3 is 12.0 Å². The molecule has 0 bridgehead atoms. The summed E-state index contributed by atoms with van der Waals surface area (Å²) in [5.41, 5.74) is 0. The molecular formula is C5H6N2O4Zn. The number of imide groups is 1. The molecule has 3 amide bonds. The minimum atomic E-state index is -1.20. The van der Waals surface area contributed by atoms with Crippen LogP contribution < -0.4 is 10.6 Å².